The van der Waals surface area contributed by atoms with Crippen molar-refractivity contribution in [3.05, 3.63) is 71.6 Å². The van der Waals surface area contributed by atoms with Crippen molar-refractivity contribution in [1.82, 2.24) is 9.97 Å². The van der Waals surface area contributed by atoms with Crippen molar-refractivity contribution >= 4 is 49.8 Å². The molecule has 0 aliphatic carbocycles. The Kier molecular flexibility index (Phi) is 4.68. The van der Waals surface area contributed by atoms with E-state index >= 15 is 0 Å². The molecule has 0 saturated heterocycles. The molecule has 0 amide bonds. The van der Waals surface area contributed by atoms with Gasteiger partial charge >= 0.3 is 6.01 Å². The van der Waals surface area contributed by atoms with E-state index in [4.69, 9.17) is 20.4 Å². The van der Waals surface area contributed by atoms with Gasteiger partial charge in [-0.2, -0.15) is 4.98 Å². The lowest BCUT2D eigenvalue weighted by Crippen LogP contribution is -2.14. The molecular weight excluding hydrogens is 438 g/mol. The summed E-state index contributed by atoms with van der Waals surface area (Å²) in [5, 5.41) is 0.479. The van der Waals surface area contributed by atoms with Gasteiger partial charge in [-0.25, -0.2) is 18.1 Å². The Morgan fingerprint density at radius 3 is 2.58 bits per heavy atom. The Labute approximate surface area is 182 Å². The summed E-state index contributed by atoms with van der Waals surface area (Å²) >= 11 is 5.97. The Bertz CT molecular complexity index is 1540. The number of hydrogen-bond acceptors (Lipinski definition) is 6. The number of para-hydroxylation sites is 1. The summed E-state index contributed by atoms with van der Waals surface area (Å²) in [4.78, 5) is 8.78. The van der Waals surface area contributed by atoms with E-state index in [1.54, 1.807) is 36.4 Å². The van der Waals surface area contributed by atoms with Crippen LogP contribution in [0.4, 0.5) is 6.01 Å². The summed E-state index contributed by atoms with van der Waals surface area (Å²) in [6.45, 7) is 1.94. The molecule has 0 radical (unpaired) electrons. The average Bonchev–Trinajstić information content (AvgIpc) is 3.35. The third-order valence-corrected chi connectivity index (χ3v) is 6.42. The molecule has 1 N–H and O–H groups in total. The smallest absolute Gasteiger partial charge is 0.309 e. The highest BCUT2D eigenvalue weighted by atomic mass is 35.5. The van der Waals surface area contributed by atoms with E-state index in [1.165, 1.54) is 6.07 Å². The molecule has 2 aromatic heterocycles. The highest BCUT2D eigenvalue weighted by Crippen LogP contribution is 2.34. The molecule has 0 aliphatic rings. The van der Waals surface area contributed by atoms with Gasteiger partial charge in [0.15, 0.2) is 17.1 Å². The van der Waals surface area contributed by atoms with Crippen molar-refractivity contribution in [2.24, 2.45) is 0 Å². The number of oxazole rings is 2. The number of anilines is 1. The number of aromatic nitrogens is 2. The van der Waals surface area contributed by atoms with Crippen LogP contribution in [-0.4, -0.2) is 18.4 Å². The molecule has 0 unspecified atom stereocenters. The lowest BCUT2D eigenvalue weighted by molar-refractivity contribution is 0.538. The molecule has 9 heteroatoms. The zero-order chi connectivity index (χ0) is 21.6. The number of hydrogen-bond donors (Lipinski definition) is 1. The summed E-state index contributed by atoms with van der Waals surface area (Å²) in [5.74, 6) is 0.589. The zero-order valence-corrected chi connectivity index (χ0v) is 17.9. The summed E-state index contributed by atoms with van der Waals surface area (Å²) in [6.07, 6.45) is 0.636. The molecule has 0 saturated carbocycles. The molecule has 2 heterocycles. The number of fused-ring (bicyclic) bond motifs is 2. The van der Waals surface area contributed by atoms with Gasteiger partial charge in [-0.3, -0.25) is 0 Å². The fraction of sp³-hybridized carbons (Fsp3) is 0.0909. The molecule has 31 heavy (non-hydrogen) atoms. The maximum absolute atomic E-state index is 13.3. The molecule has 0 fully saturated rings. The SMILES string of the molecule is CCc1nc2c(-c3ccccc3S(=O)(=O)Nc3nc4cc(Cl)ccc4o3)cccc2o1. The van der Waals surface area contributed by atoms with Crippen molar-refractivity contribution in [3.8, 4) is 11.1 Å². The van der Waals surface area contributed by atoms with Crippen molar-refractivity contribution in [2.45, 2.75) is 18.2 Å². The first-order valence-electron chi connectivity index (χ1n) is 9.51. The van der Waals surface area contributed by atoms with E-state index in [2.05, 4.69) is 14.7 Å². The molecule has 156 valence electrons. The third kappa shape index (κ3) is 3.54. The Morgan fingerprint density at radius 2 is 1.74 bits per heavy atom. The molecule has 3 aromatic carbocycles. The van der Waals surface area contributed by atoms with E-state index in [-0.39, 0.29) is 10.9 Å². The molecule has 0 bridgehead atoms. The van der Waals surface area contributed by atoms with E-state index in [0.29, 0.717) is 50.7 Å². The Hall–Kier alpha value is -3.36. The first kappa shape index (κ1) is 19.6. The van der Waals surface area contributed by atoms with Crippen LogP contribution >= 0.6 is 11.6 Å². The van der Waals surface area contributed by atoms with E-state index < -0.39 is 10.0 Å². The number of sulfonamides is 1. The molecule has 0 aliphatic heterocycles. The number of halogens is 1. The van der Waals surface area contributed by atoms with Gasteiger partial charge in [0.2, 0.25) is 0 Å². The van der Waals surface area contributed by atoms with Gasteiger partial charge < -0.3 is 8.83 Å². The highest BCUT2D eigenvalue weighted by Gasteiger charge is 2.23. The average molecular weight is 454 g/mol. The first-order valence-corrected chi connectivity index (χ1v) is 11.4. The maximum atomic E-state index is 13.3. The molecular formula is C22H16ClN3O4S. The van der Waals surface area contributed by atoms with Gasteiger partial charge in [-0.1, -0.05) is 48.9 Å². The minimum absolute atomic E-state index is 0.0730. The van der Waals surface area contributed by atoms with Crippen molar-refractivity contribution < 1.29 is 17.3 Å². The first-order chi connectivity index (χ1) is 14.9. The molecule has 5 rings (SSSR count). The maximum Gasteiger partial charge on any atom is 0.309 e. The van der Waals surface area contributed by atoms with Crippen LogP contribution in [0.15, 0.2) is 74.4 Å². The third-order valence-electron chi connectivity index (χ3n) is 4.80. The van der Waals surface area contributed by atoms with E-state index in [9.17, 15) is 8.42 Å². The van der Waals surface area contributed by atoms with Gasteiger partial charge in [0.1, 0.15) is 11.0 Å². The molecule has 0 spiro atoms. The fourth-order valence-electron chi connectivity index (χ4n) is 3.40. The van der Waals surface area contributed by atoms with Gasteiger partial charge in [-0.05, 0) is 30.3 Å². The van der Waals surface area contributed by atoms with Gasteiger partial charge in [-0.15, -0.1) is 0 Å². The predicted molar refractivity (Wildman–Crippen MR) is 119 cm³/mol. The summed E-state index contributed by atoms with van der Waals surface area (Å²) < 4.78 is 40.2. The molecule has 7 nitrogen and oxygen atoms in total. The van der Waals surface area contributed by atoms with Crippen LogP contribution in [0.1, 0.15) is 12.8 Å². The minimum atomic E-state index is -4.01. The standard InChI is InChI=1S/C22H16ClN3O4S/c1-2-20-25-21-15(7-5-8-18(21)29-20)14-6-3-4-9-19(14)31(27,28)26-22-24-16-12-13(23)10-11-17(16)30-22/h3-12H,2H2,1H3,(H,24,26). The summed E-state index contributed by atoms with van der Waals surface area (Å²) in [7, 11) is -4.01. The number of nitrogens with zero attached hydrogens (tertiary/aromatic N) is 2. The lowest BCUT2D eigenvalue weighted by atomic mass is 10.0. The highest BCUT2D eigenvalue weighted by molar-refractivity contribution is 7.92. The number of nitrogens with one attached hydrogen (secondary N) is 1. The van der Waals surface area contributed by atoms with Crippen LogP contribution in [0, 0.1) is 0 Å². The van der Waals surface area contributed by atoms with Crippen molar-refractivity contribution in [2.75, 3.05) is 4.72 Å². The number of aryl methyl sites for hydroxylation is 1. The Balaban J connectivity index is 1.60. The normalized spacial score (nSPS) is 11.9. The van der Waals surface area contributed by atoms with Crippen molar-refractivity contribution in [3.63, 3.8) is 0 Å². The van der Waals surface area contributed by atoms with Gasteiger partial charge in [0.25, 0.3) is 10.0 Å². The fourth-order valence-corrected chi connectivity index (χ4v) is 4.72. The van der Waals surface area contributed by atoms with Crippen LogP contribution in [0.25, 0.3) is 33.3 Å². The van der Waals surface area contributed by atoms with E-state index in [1.807, 2.05) is 25.1 Å². The predicted octanol–water partition coefficient (Wildman–Crippen LogP) is 5.65. The second-order valence-corrected chi connectivity index (χ2v) is 8.93. The topological polar surface area (TPSA) is 98.2 Å². The Morgan fingerprint density at radius 1 is 0.935 bits per heavy atom. The molecule has 0 atom stereocenters. The summed E-state index contributed by atoms with van der Waals surface area (Å²) in [5.41, 5.74) is 3.25. The number of rotatable bonds is 5. The second-order valence-electron chi connectivity index (χ2n) is 6.85. The van der Waals surface area contributed by atoms with Crippen LogP contribution in [0.5, 0.6) is 0 Å². The summed E-state index contributed by atoms with van der Waals surface area (Å²) in [6, 6.07) is 16.9. The van der Waals surface area contributed by atoms with E-state index in [0.717, 1.165) is 0 Å². The van der Waals surface area contributed by atoms with Crippen LogP contribution in [0.3, 0.4) is 0 Å². The van der Waals surface area contributed by atoms with Gasteiger partial charge in [0, 0.05) is 22.6 Å². The molecule has 5 aromatic rings. The monoisotopic (exact) mass is 453 g/mol. The number of benzene rings is 3. The van der Waals surface area contributed by atoms with Gasteiger partial charge in [0.05, 0.1) is 4.90 Å². The quantitative estimate of drug-likeness (QED) is 0.369. The van der Waals surface area contributed by atoms with Crippen molar-refractivity contribution in [1.29, 1.82) is 0 Å². The van der Waals surface area contributed by atoms with Crippen LogP contribution in [-0.2, 0) is 16.4 Å². The zero-order valence-electron chi connectivity index (χ0n) is 16.3. The lowest BCUT2D eigenvalue weighted by Gasteiger charge is -2.11. The minimum Gasteiger partial charge on any atom is -0.441 e. The second kappa shape index (κ2) is 7.40. The van der Waals surface area contributed by atoms with Crippen LogP contribution in [0.2, 0.25) is 5.02 Å². The largest absolute Gasteiger partial charge is 0.441 e. The van der Waals surface area contributed by atoms with Crippen LogP contribution < -0.4 is 4.72 Å².